The average Bonchev–Trinajstić information content (AvgIpc) is 2.91. The number of aromatic nitrogens is 2. The number of amides is 1. The first-order valence-corrected chi connectivity index (χ1v) is 9.17. The molecule has 0 radical (unpaired) electrons. The fourth-order valence-corrected chi connectivity index (χ4v) is 3.22. The Morgan fingerprint density at radius 2 is 1.84 bits per heavy atom. The summed E-state index contributed by atoms with van der Waals surface area (Å²) in [4.78, 5) is 24.0. The van der Waals surface area contributed by atoms with Gasteiger partial charge in [0, 0.05) is 24.5 Å². The summed E-state index contributed by atoms with van der Waals surface area (Å²) >= 11 is 0. The van der Waals surface area contributed by atoms with Gasteiger partial charge in [0.1, 0.15) is 5.69 Å². The molecule has 1 aliphatic heterocycles. The lowest BCUT2D eigenvalue weighted by Crippen LogP contribution is -2.27. The van der Waals surface area contributed by atoms with E-state index < -0.39 is 0 Å². The van der Waals surface area contributed by atoms with Crippen molar-refractivity contribution < 1.29 is 4.79 Å². The molecule has 132 valence electrons. The molecule has 1 amide bonds. The Bertz CT molecular complexity index is 736. The molecule has 1 saturated heterocycles. The molecule has 25 heavy (non-hydrogen) atoms. The van der Waals surface area contributed by atoms with Crippen molar-refractivity contribution in [2.45, 2.75) is 46.0 Å². The van der Waals surface area contributed by atoms with E-state index in [-0.39, 0.29) is 5.91 Å². The first-order chi connectivity index (χ1) is 12.2. The first-order valence-electron chi connectivity index (χ1n) is 9.17. The van der Waals surface area contributed by atoms with Crippen LogP contribution in [0.3, 0.4) is 0 Å². The largest absolute Gasteiger partial charge is 0.341 e. The number of aryl methyl sites for hydroxylation is 2. The normalized spacial score (nSPS) is 14.9. The zero-order valence-electron chi connectivity index (χ0n) is 15.1. The Labute approximate surface area is 149 Å². The van der Waals surface area contributed by atoms with E-state index in [2.05, 4.69) is 27.1 Å². The highest BCUT2D eigenvalue weighted by Crippen LogP contribution is 2.19. The summed E-state index contributed by atoms with van der Waals surface area (Å²) in [5.41, 5.74) is 3.22. The van der Waals surface area contributed by atoms with E-state index in [9.17, 15) is 4.79 Å². The van der Waals surface area contributed by atoms with E-state index in [1.807, 2.05) is 31.2 Å². The summed E-state index contributed by atoms with van der Waals surface area (Å²) in [6, 6.07) is 9.64. The molecule has 1 aromatic heterocycles. The van der Waals surface area contributed by atoms with Gasteiger partial charge in [0.05, 0.1) is 0 Å². The molecule has 0 unspecified atom stereocenters. The van der Waals surface area contributed by atoms with Crippen molar-refractivity contribution >= 4 is 17.5 Å². The number of nitrogens with zero attached hydrogens (tertiary/aromatic N) is 3. The van der Waals surface area contributed by atoms with Crippen LogP contribution in [0.5, 0.6) is 0 Å². The lowest BCUT2D eigenvalue weighted by molar-refractivity contribution is 0.102. The van der Waals surface area contributed by atoms with Gasteiger partial charge in [0.15, 0.2) is 0 Å². The molecule has 0 atom stereocenters. The van der Waals surface area contributed by atoms with Crippen molar-refractivity contribution in [1.82, 2.24) is 9.97 Å². The topological polar surface area (TPSA) is 58.1 Å². The Hall–Kier alpha value is -2.43. The van der Waals surface area contributed by atoms with E-state index in [0.717, 1.165) is 49.3 Å². The van der Waals surface area contributed by atoms with Gasteiger partial charge in [-0.05, 0) is 43.9 Å². The smallest absolute Gasteiger partial charge is 0.274 e. The highest BCUT2D eigenvalue weighted by Gasteiger charge is 2.17. The molecule has 3 rings (SSSR count). The van der Waals surface area contributed by atoms with Gasteiger partial charge in [0.2, 0.25) is 5.95 Å². The van der Waals surface area contributed by atoms with Crippen molar-refractivity contribution in [3.63, 3.8) is 0 Å². The third-order valence-electron chi connectivity index (χ3n) is 4.61. The van der Waals surface area contributed by atoms with Crippen LogP contribution in [0.15, 0.2) is 30.3 Å². The minimum absolute atomic E-state index is 0.178. The number of carbonyl (C=O) groups is 1. The van der Waals surface area contributed by atoms with E-state index >= 15 is 0 Å². The van der Waals surface area contributed by atoms with Gasteiger partial charge in [-0.1, -0.05) is 38.0 Å². The molecule has 1 aromatic carbocycles. The molecule has 0 spiro atoms. The summed E-state index contributed by atoms with van der Waals surface area (Å²) < 4.78 is 0. The molecule has 0 saturated carbocycles. The minimum Gasteiger partial charge on any atom is -0.341 e. The lowest BCUT2D eigenvalue weighted by Gasteiger charge is -2.21. The van der Waals surface area contributed by atoms with Crippen LogP contribution in [0.25, 0.3) is 0 Å². The fraction of sp³-hybridized carbons (Fsp3) is 0.450. The van der Waals surface area contributed by atoms with Gasteiger partial charge in [-0.15, -0.1) is 0 Å². The van der Waals surface area contributed by atoms with Crippen LogP contribution in [0.2, 0.25) is 0 Å². The molecular weight excluding hydrogens is 312 g/mol. The second kappa shape index (κ2) is 8.10. The SMILES string of the molecule is CCc1ccccc1NC(=O)c1cc(C)nc(N2CCCCCC2)n1. The fourth-order valence-electron chi connectivity index (χ4n) is 3.22. The minimum atomic E-state index is -0.178. The summed E-state index contributed by atoms with van der Waals surface area (Å²) in [5, 5.41) is 3.00. The Morgan fingerprint density at radius 1 is 1.12 bits per heavy atom. The van der Waals surface area contributed by atoms with Gasteiger partial charge >= 0.3 is 0 Å². The van der Waals surface area contributed by atoms with Crippen molar-refractivity contribution in [3.05, 3.63) is 47.3 Å². The third kappa shape index (κ3) is 4.35. The Kier molecular flexibility index (Phi) is 5.64. The zero-order valence-corrected chi connectivity index (χ0v) is 15.1. The molecule has 5 nitrogen and oxygen atoms in total. The monoisotopic (exact) mass is 338 g/mol. The molecule has 2 heterocycles. The zero-order chi connectivity index (χ0) is 17.6. The van der Waals surface area contributed by atoms with Crippen molar-refractivity contribution in [2.24, 2.45) is 0 Å². The quantitative estimate of drug-likeness (QED) is 0.916. The summed E-state index contributed by atoms with van der Waals surface area (Å²) in [7, 11) is 0. The van der Waals surface area contributed by atoms with Gasteiger partial charge in [-0.2, -0.15) is 0 Å². The third-order valence-corrected chi connectivity index (χ3v) is 4.61. The average molecular weight is 338 g/mol. The highest BCUT2D eigenvalue weighted by molar-refractivity contribution is 6.03. The van der Waals surface area contributed by atoms with Crippen LogP contribution in [-0.4, -0.2) is 29.0 Å². The number of hydrogen-bond donors (Lipinski definition) is 1. The predicted octanol–water partition coefficient (Wildman–Crippen LogP) is 3.98. The number of para-hydroxylation sites is 1. The van der Waals surface area contributed by atoms with Crippen molar-refractivity contribution in [3.8, 4) is 0 Å². The molecule has 2 aromatic rings. The van der Waals surface area contributed by atoms with Crippen LogP contribution in [0, 0.1) is 6.92 Å². The number of nitrogens with one attached hydrogen (secondary N) is 1. The van der Waals surface area contributed by atoms with Gasteiger partial charge in [-0.25, -0.2) is 9.97 Å². The molecule has 5 heteroatoms. The van der Waals surface area contributed by atoms with Gasteiger partial charge in [-0.3, -0.25) is 4.79 Å². The molecule has 1 aliphatic rings. The van der Waals surface area contributed by atoms with Crippen molar-refractivity contribution in [1.29, 1.82) is 0 Å². The maximum atomic E-state index is 12.7. The first kappa shape index (κ1) is 17.4. The van der Waals surface area contributed by atoms with Crippen LogP contribution in [0.4, 0.5) is 11.6 Å². The second-order valence-electron chi connectivity index (χ2n) is 6.56. The van der Waals surface area contributed by atoms with E-state index in [0.29, 0.717) is 11.6 Å². The summed E-state index contributed by atoms with van der Waals surface area (Å²) in [6.45, 7) is 5.92. The molecule has 1 fully saturated rings. The summed E-state index contributed by atoms with van der Waals surface area (Å²) in [5.74, 6) is 0.498. The number of rotatable bonds is 4. The van der Waals surface area contributed by atoms with Crippen molar-refractivity contribution in [2.75, 3.05) is 23.3 Å². The highest BCUT2D eigenvalue weighted by atomic mass is 16.1. The second-order valence-corrected chi connectivity index (χ2v) is 6.56. The van der Waals surface area contributed by atoms with Gasteiger partial charge in [0.25, 0.3) is 5.91 Å². The Morgan fingerprint density at radius 3 is 2.56 bits per heavy atom. The molecule has 1 N–H and O–H groups in total. The number of benzene rings is 1. The van der Waals surface area contributed by atoms with Crippen LogP contribution in [-0.2, 0) is 6.42 Å². The maximum absolute atomic E-state index is 12.7. The van der Waals surface area contributed by atoms with Crippen LogP contribution < -0.4 is 10.2 Å². The van der Waals surface area contributed by atoms with Crippen LogP contribution in [0.1, 0.15) is 54.4 Å². The van der Waals surface area contributed by atoms with E-state index in [1.54, 1.807) is 6.07 Å². The summed E-state index contributed by atoms with van der Waals surface area (Å²) in [6.07, 6.45) is 5.69. The standard InChI is InChI=1S/C20H26N4O/c1-3-16-10-6-7-11-17(16)22-19(25)18-14-15(2)21-20(23-18)24-12-8-4-5-9-13-24/h6-7,10-11,14H,3-5,8-9,12-13H2,1-2H3,(H,22,25). The molecule has 0 aliphatic carbocycles. The van der Waals surface area contributed by atoms with Gasteiger partial charge < -0.3 is 10.2 Å². The molecule has 0 bridgehead atoms. The van der Waals surface area contributed by atoms with E-state index in [1.165, 1.54) is 12.8 Å². The number of anilines is 2. The predicted molar refractivity (Wildman–Crippen MR) is 101 cm³/mol. The van der Waals surface area contributed by atoms with E-state index in [4.69, 9.17) is 0 Å². The number of carbonyl (C=O) groups excluding carboxylic acids is 1. The maximum Gasteiger partial charge on any atom is 0.274 e. The number of hydrogen-bond acceptors (Lipinski definition) is 4. The van der Waals surface area contributed by atoms with Crippen LogP contribution >= 0.6 is 0 Å². The molecular formula is C20H26N4O. The Balaban J connectivity index is 1.82. The lowest BCUT2D eigenvalue weighted by atomic mass is 10.1.